The lowest BCUT2D eigenvalue weighted by Crippen LogP contribution is -2.33. The van der Waals surface area contributed by atoms with Crippen molar-refractivity contribution in [1.82, 2.24) is 0 Å². The molecule has 2 aliphatic carbocycles. The average Bonchev–Trinajstić information content (AvgIpc) is 3.01. The van der Waals surface area contributed by atoms with Crippen molar-refractivity contribution in [2.45, 2.75) is 53.4 Å². The van der Waals surface area contributed by atoms with Crippen molar-refractivity contribution in [3.05, 3.63) is 53.4 Å². The van der Waals surface area contributed by atoms with E-state index in [0.717, 1.165) is 25.0 Å². The van der Waals surface area contributed by atoms with Crippen molar-refractivity contribution in [3.8, 4) is 11.5 Å². The Morgan fingerprint density at radius 1 is 0.609 bits per heavy atom. The molecule has 2 aliphatic rings. The van der Waals surface area contributed by atoms with Gasteiger partial charge in [0.25, 0.3) is 0 Å². The van der Waals surface area contributed by atoms with Crippen LogP contribution in [-0.4, -0.2) is 37.1 Å². The molecular formula is C32H32Cl6O8. The van der Waals surface area contributed by atoms with Gasteiger partial charge in [-0.2, -0.15) is 0 Å². The van der Waals surface area contributed by atoms with Crippen LogP contribution in [0.2, 0.25) is 30.1 Å². The summed E-state index contributed by atoms with van der Waals surface area (Å²) >= 11 is 37.3. The normalized spacial score (nSPS) is 23.5. The smallest absolute Gasteiger partial charge is 0.423 e. The highest BCUT2D eigenvalue weighted by Gasteiger charge is 2.36. The maximum Gasteiger partial charge on any atom is 0.423 e. The Balaban J connectivity index is 1.48. The fraction of sp³-hybridized carbons (Fsp3) is 0.500. The van der Waals surface area contributed by atoms with E-state index in [-0.39, 0.29) is 43.3 Å². The zero-order chi connectivity index (χ0) is 34.0. The second-order valence-corrected chi connectivity index (χ2v) is 14.4. The summed E-state index contributed by atoms with van der Waals surface area (Å²) in [5, 5.41) is -1.46. The van der Waals surface area contributed by atoms with Crippen LogP contribution < -0.4 is 9.47 Å². The van der Waals surface area contributed by atoms with Crippen LogP contribution in [-0.2, 0) is 19.1 Å². The lowest BCUT2D eigenvalue weighted by Gasteiger charge is -2.40. The predicted molar refractivity (Wildman–Crippen MR) is 177 cm³/mol. The van der Waals surface area contributed by atoms with E-state index < -0.39 is 46.5 Å². The van der Waals surface area contributed by atoms with Gasteiger partial charge in [0.1, 0.15) is 11.1 Å². The monoisotopic (exact) mass is 754 g/mol. The van der Waals surface area contributed by atoms with Crippen LogP contribution in [0.5, 0.6) is 11.5 Å². The van der Waals surface area contributed by atoms with Gasteiger partial charge < -0.3 is 18.9 Å². The first-order valence-electron chi connectivity index (χ1n) is 14.7. The fourth-order valence-corrected chi connectivity index (χ4v) is 7.29. The quantitative estimate of drug-likeness (QED) is 0.102. The van der Waals surface area contributed by atoms with Gasteiger partial charge in [-0.15, -0.1) is 0 Å². The SMILES string of the molecule is CC1CC(CCOC(=O)c2c(Cl)c(Cl)cc(Cl)c2OC(=O)C(=O)Oc2c(Cl)cc(Cl)c(Cl)c2C(=O)OCCC2CC(C)C2C)C1C. The number of carbonyl (C=O) groups excluding carboxylic acids is 4. The molecule has 4 rings (SSSR count). The van der Waals surface area contributed by atoms with Gasteiger partial charge in [0.05, 0.1) is 43.3 Å². The summed E-state index contributed by atoms with van der Waals surface area (Å²) in [6, 6.07) is 2.26. The summed E-state index contributed by atoms with van der Waals surface area (Å²) in [5.74, 6) is -3.37. The molecule has 2 aromatic carbocycles. The van der Waals surface area contributed by atoms with E-state index in [4.69, 9.17) is 88.6 Å². The van der Waals surface area contributed by atoms with E-state index in [2.05, 4.69) is 27.7 Å². The zero-order valence-electron chi connectivity index (χ0n) is 25.4. The molecular weight excluding hydrogens is 725 g/mol. The number of carbonyl (C=O) groups is 4. The number of ether oxygens (including phenoxy) is 4. The molecule has 0 heterocycles. The minimum Gasteiger partial charge on any atom is -0.462 e. The first kappa shape index (κ1) is 36.9. The van der Waals surface area contributed by atoms with E-state index >= 15 is 0 Å². The summed E-state index contributed by atoms with van der Waals surface area (Å²) < 4.78 is 21.1. The molecule has 8 nitrogen and oxygen atoms in total. The largest absolute Gasteiger partial charge is 0.462 e. The first-order chi connectivity index (χ1) is 21.6. The molecule has 2 saturated carbocycles. The van der Waals surface area contributed by atoms with Crippen molar-refractivity contribution in [2.75, 3.05) is 13.2 Å². The van der Waals surface area contributed by atoms with Crippen molar-refractivity contribution in [2.24, 2.45) is 35.5 Å². The molecule has 0 aliphatic heterocycles. The molecule has 0 aromatic heterocycles. The number of halogens is 6. The molecule has 46 heavy (non-hydrogen) atoms. The van der Waals surface area contributed by atoms with E-state index in [1.165, 1.54) is 0 Å². The zero-order valence-corrected chi connectivity index (χ0v) is 29.9. The highest BCUT2D eigenvalue weighted by Crippen LogP contribution is 2.44. The fourth-order valence-electron chi connectivity index (χ4n) is 5.85. The molecule has 6 atom stereocenters. The number of benzene rings is 2. The summed E-state index contributed by atoms with van der Waals surface area (Å²) in [7, 11) is 0. The lowest BCUT2D eigenvalue weighted by molar-refractivity contribution is -0.156. The Bertz CT molecular complexity index is 1430. The van der Waals surface area contributed by atoms with Crippen LogP contribution in [0, 0.1) is 35.5 Å². The van der Waals surface area contributed by atoms with Gasteiger partial charge >= 0.3 is 23.9 Å². The topological polar surface area (TPSA) is 105 Å². The maximum atomic E-state index is 13.1. The first-order valence-corrected chi connectivity index (χ1v) is 17.0. The Morgan fingerprint density at radius 3 is 1.26 bits per heavy atom. The van der Waals surface area contributed by atoms with Crippen LogP contribution in [0.3, 0.4) is 0 Å². The Hall–Kier alpha value is -1.94. The minimum absolute atomic E-state index is 0.0734. The van der Waals surface area contributed by atoms with E-state index in [0.29, 0.717) is 48.3 Å². The van der Waals surface area contributed by atoms with E-state index in [9.17, 15) is 19.2 Å². The number of hydrogen-bond acceptors (Lipinski definition) is 8. The lowest BCUT2D eigenvalue weighted by atomic mass is 9.65. The van der Waals surface area contributed by atoms with Crippen molar-refractivity contribution >= 4 is 93.5 Å². The third-order valence-corrected chi connectivity index (χ3v) is 11.4. The predicted octanol–water partition coefficient (Wildman–Crippen LogP) is 9.80. The molecule has 0 spiro atoms. The van der Waals surface area contributed by atoms with Gasteiger partial charge in [0.15, 0.2) is 11.5 Å². The standard InChI is InChI=1S/C32H32Cl6O8/c1-13-9-17(15(13)3)5-7-43-29(39)23-25(37)19(33)11-21(35)27(23)45-31(41)32(42)46-28-22(36)12-20(34)26(38)24(28)30(40)44-8-6-18-10-14(2)16(18)4/h11-18H,5-10H2,1-4H3. The summed E-state index contributed by atoms with van der Waals surface area (Å²) in [5.41, 5.74) is -0.912. The second kappa shape index (κ2) is 15.5. The van der Waals surface area contributed by atoms with Crippen molar-refractivity contribution in [1.29, 1.82) is 0 Å². The van der Waals surface area contributed by atoms with Crippen LogP contribution in [0.1, 0.15) is 74.1 Å². The Kier molecular flexibility index (Phi) is 12.4. The van der Waals surface area contributed by atoms with E-state index in [1.54, 1.807) is 0 Å². The highest BCUT2D eigenvalue weighted by molar-refractivity contribution is 6.47. The van der Waals surface area contributed by atoms with Gasteiger partial charge in [0, 0.05) is 0 Å². The molecule has 0 bridgehead atoms. The molecule has 0 saturated heterocycles. The number of rotatable bonds is 10. The summed E-state index contributed by atoms with van der Waals surface area (Å²) in [6.45, 7) is 8.74. The van der Waals surface area contributed by atoms with Crippen LogP contribution in [0.4, 0.5) is 0 Å². The third kappa shape index (κ3) is 8.01. The van der Waals surface area contributed by atoms with E-state index in [1.807, 2.05) is 0 Å². The third-order valence-electron chi connectivity index (χ3n) is 9.29. The molecule has 14 heteroatoms. The molecule has 250 valence electrons. The number of esters is 4. The van der Waals surface area contributed by atoms with Crippen molar-refractivity contribution in [3.63, 3.8) is 0 Å². The maximum absolute atomic E-state index is 13.1. The van der Waals surface area contributed by atoms with Gasteiger partial charge in [-0.25, -0.2) is 19.2 Å². The molecule has 2 aromatic rings. The average molecular weight is 757 g/mol. The van der Waals surface area contributed by atoms with Crippen molar-refractivity contribution < 1.29 is 38.1 Å². The van der Waals surface area contributed by atoms with Gasteiger partial charge in [-0.05, 0) is 73.3 Å². The van der Waals surface area contributed by atoms with Crippen LogP contribution >= 0.6 is 69.6 Å². The summed E-state index contributed by atoms with van der Waals surface area (Å²) in [4.78, 5) is 52.0. The number of hydrogen-bond donors (Lipinski definition) is 0. The minimum atomic E-state index is -1.64. The van der Waals surface area contributed by atoms with Gasteiger partial charge in [-0.3, -0.25) is 0 Å². The molecule has 0 radical (unpaired) electrons. The Labute approximate surface area is 297 Å². The van der Waals surface area contributed by atoms with Gasteiger partial charge in [0.2, 0.25) is 0 Å². The van der Waals surface area contributed by atoms with Gasteiger partial charge in [-0.1, -0.05) is 97.3 Å². The highest BCUT2D eigenvalue weighted by atomic mass is 35.5. The summed E-state index contributed by atoms with van der Waals surface area (Å²) in [6.07, 6.45) is 3.29. The molecule has 0 amide bonds. The molecule has 2 fully saturated rings. The second-order valence-electron chi connectivity index (χ2n) is 12.0. The van der Waals surface area contributed by atoms with Crippen LogP contribution in [0.15, 0.2) is 12.1 Å². The van der Waals surface area contributed by atoms with Crippen LogP contribution in [0.25, 0.3) is 0 Å². The molecule has 0 N–H and O–H groups in total. The molecule has 6 unspecified atom stereocenters. The Morgan fingerprint density at radius 2 is 0.957 bits per heavy atom.